The number of hydrogen-bond donors (Lipinski definition) is 1. The SMILES string of the molecule is CC(=O)c1ccc(-c2ncnc(C(CC3CCNCC3)OC=O)c2[N+](=O)[O-])cc1. The second kappa shape index (κ2) is 9.33. The zero-order valence-corrected chi connectivity index (χ0v) is 16.0. The minimum atomic E-state index is -0.825. The second-order valence-corrected chi connectivity index (χ2v) is 7.00. The highest BCUT2D eigenvalue weighted by atomic mass is 16.6. The van der Waals surface area contributed by atoms with E-state index in [1.54, 1.807) is 24.3 Å². The maximum absolute atomic E-state index is 11.9. The van der Waals surface area contributed by atoms with E-state index in [2.05, 4.69) is 15.3 Å². The van der Waals surface area contributed by atoms with Crippen molar-refractivity contribution >= 4 is 17.9 Å². The van der Waals surface area contributed by atoms with Gasteiger partial charge in [0.25, 0.3) is 6.47 Å². The topological polar surface area (TPSA) is 124 Å². The Labute approximate surface area is 167 Å². The van der Waals surface area contributed by atoms with Crippen LogP contribution >= 0.6 is 0 Å². The first-order valence-electron chi connectivity index (χ1n) is 9.41. The number of nitrogens with one attached hydrogen (secondary N) is 1. The molecule has 152 valence electrons. The average Bonchev–Trinajstić information content (AvgIpc) is 2.73. The first kappa shape index (κ1) is 20.5. The van der Waals surface area contributed by atoms with E-state index in [4.69, 9.17) is 4.74 Å². The van der Waals surface area contributed by atoms with Crippen molar-refractivity contribution in [3.05, 3.63) is 52.0 Å². The first-order chi connectivity index (χ1) is 14.0. The fourth-order valence-corrected chi connectivity index (χ4v) is 3.60. The number of Topliss-reactive ketones (excluding diaryl/α,β-unsaturated/α-hetero) is 1. The lowest BCUT2D eigenvalue weighted by atomic mass is 9.90. The molecule has 1 saturated heterocycles. The third-order valence-corrected chi connectivity index (χ3v) is 5.13. The summed E-state index contributed by atoms with van der Waals surface area (Å²) in [5, 5.41) is 15.2. The van der Waals surface area contributed by atoms with E-state index in [-0.39, 0.29) is 28.8 Å². The van der Waals surface area contributed by atoms with Gasteiger partial charge in [-0.3, -0.25) is 19.7 Å². The molecule has 29 heavy (non-hydrogen) atoms. The van der Waals surface area contributed by atoms with Crippen LogP contribution in [0.1, 0.15) is 48.3 Å². The molecular formula is C20H22N4O5. The number of aromatic nitrogens is 2. The summed E-state index contributed by atoms with van der Waals surface area (Å²) in [6, 6.07) is 6.41. The number of benzene rings is 1. The van der Waals surface area contributed by atoms with Gasteiger partial charge in [0, 0.05) is 11.1 Å². The third kappa shape index (κ3) is 4.80. The molecule has 9 nitrogen and oxygen atoms in total. The number of ketones is 1. The third-order valence-electron chi connectivity index (χ3n) is 5.13. The van der Waals surface area contributed by atoms with Crippen molar-refractivity contribution in [1.29, 1.82) is 0 Å². The summed E-state index contributed by atoms with van der Waals surface area (Å²) < 4.78 is 5.22. The molecule has 0 spiro atoms. The molecule has 9 heteroatoms. The van der Waals surface area contributed by atoms with Gasteiger partial charge in [-0.15, -0.1) is 0 Å². The molecule has 0 aliphatic carbocycles. The predicted octanol–water partition coefficient (Wildman–Crippen LogP) is 2.86. The molecule has 1 unspecified atom stereocenters. The van der Waals surface area contributed by atoms with Gasteiger partial charge < -0.3 is 10.1 Å². The summed E-state index contributed by atoms with van der Waals surface area (Å²) in [6.07, 6.45) is 2.67. The van der Waals surface area contributed by atoms with Crippen LogP contribution in [0.2, 0.25) is 0 Å². The van der Waals surface area contributed by atoms with Gasteiger partial charge >= 0.3 is 5.69 Å². The van der Waals surface area contributed by atoms with Gasteiger partial charge in [0.2, 0.25) is 0 Å². The minimum Gasteiger partial charge on any atom is -0.458 e. The van der Waals surface area contributed by atoms with E-state index in [9.17, 15) is 19.7 Å². The molecule has 1 atom stereocenters. The van der Waals surface area contributed by atoms with Crippen LogP contribution < -0.4 is 5.32 Å². The normalized spacial score (nSPS) is 15.5. The molecule has 0 saturated carbocycles. The Bertz CT molecular complexity index is 894. The Kier molecular flexibility index (Phi) is 6.61. The molecule has 2 heterocycles. The van der Waals surface area contributed by atoms with Crippen LogP contribution in [0.25, 0.3) is 11.3 Å². The largest absolute Gasteiger partial charge is 0.458 e. The summed E-state index contributed by atoms with van der Waals surface area (Å²) in [5.41, 5.74) is 0.904. The molecule has 1 aliphatic heterocycles. The van der Waals surface area contributed by atoms with Crippen LogP contribution in [-0.4, -0.2) is 40.2 Å². The number of ether oxygens (including phenoxy) is 1. The zero-order chi connectivity index (χ0) is 20.8. The highest BCUT2D eigenvalue weighted by molar-refractivity contribution is 5.94. The van der Waals surface area contributed by atoms with Gasteiger partial charge in [-0.1, -0.05) is 24.3 Å². The number of piperidine rings is 1. The van der Waals surface area contributed by atoms with Crippen molar-refractivity contribution in [2.75, 3.05) is 13.1 Å². The maximum Gasteiger partial charge on any atom is 0.320 e. The lowest BCUT2D eigenvalue weighted by Crippen LogP contribution is -2.29. The number of carbonyl (C=O) groups is 2. The van der Waals surface area contributed by atoms with Crippen molar-refractivity contribution in [1.82, 2.24) is 15.3 Å². The molecule has 0 bridgehead atoms. The molecule has 1 aromatic carbocycles. The van der Waals surface area contributed by atoms with Gasteiger partial charge in [-0.25, -0.2) is 9.97 Å². The predicted molar refractivity (Wildman–Crippen MR) is 104 cm³/mol. The monoisotopic (exact) mass is 398 g/mol. The Morgan fingerprint density at radius 1 is 1.31 bits per heavy atom. The van der Waals surface area contributed by atoms with Gasteiger partial charge in [-0.05, 0) is 45.2 Å². The summed E-state index contributed by atoms with van der Waals surface area (Å²) in [5.74, 6) is 0.171. The van der Waals surface area contributed by atoms with Crippen molar-refractivity contribution in [2.24, 2.45) is 5.92 Å². The van der Waals surface area contributed by atoms with Gasteiger partial charge in [-0.2, -0.15) is 0 Å². The van der Waals surface area contributed by atoms with Crippen LogP contribution in [0, 0.1) is 16.0 Å². The van der Waals surface area contributed by atoms with Crippen LogP contribution in [-0.2, 0) is 9.53 Å². The van der Waals surface area contributed by atoms with E-state index in [1.807, 2.05) is 0 Å². The van der Waals surface area contributed by atoms with Crippen LogP contribution in [0.5, 0.6) is 0 Å². The average molecular weight is 398 g/mol. The Morgan fingerprint density at radius 2 is 2.00 bits per heavy atom. The number of hydrogen-bond acceptors (Lipinski definition) is 8. The molecule has 1 aromatic heterocycles. The quantitative estimate of drug-likeness (QED) is 0.311. The Morgan fingerprint density at radius 3 is 2.59 bits per heavy atom. The molecule has 3 rings (SSSR count). The fourth-order valence-electron chi connectivity index (χ4n) is 3.60. The molecule has 0 amide bonds. The highest BCUT2D eigenvalue weighted by Crippen LogP contribution is 2.37. The zero-order valence-electron chi connectivity index (χ0n) is 16.0. The minimum absolute atomic E-state index is 0.0845. The number of carbonyl (C=O) groups excluding carboxylic acids is 2. The number of nitro groups is 1. The van der Waals surface area contributed by atoms with Gasteiger partial charge in [0.05, 0.1) is 4.92 Å². The maximum atomic E-state index is 11.9. The van der Waals surface area contributed by atoms with Gasteiger partial charge in [0.15, 0.2) is 23.3 Å². The molecule has 2 aromatic rings. The summed E-state index contributed by atoms with van der Waals surface area (Å²) in [6.45, 7) is 3.47. The second-order valence-electron chi connectivity index (χ2n) is 7.00. The Balaban J connectivity index is 2.01. The molecule has 1 aliphatic rings. The lowest BCUT2D eigenvalue weighted by Gasteiger charge is -2.25. The summed E-state index contributed by atoms with van der Waals surface area (Å²) in [7, 11) is 0. The van der Waals surface area contributed by atoms with E-state index >= 15 is 0 Å². The van der Waals surface area contributed by atoms with Crippen molar-refractivity contribution in [2.45, 2.75) is 32.3 Å². The first-order valence-corrected chi connectivity index (χ1v) is 9.41. The number of nitrogens with zero attached hydrogens (tertiary/aromatic N) is 3. The van der Waals surface area contributed by atoms with E-state index < -0.39 is 11.0 Å². The number of rotatable bonds is 8. The molecular weight excluding hydrogens is 376 g/mol. The van der Waals surface area contributed by atoms with Gasteiger partial charge in [0.1, 0.15) is 6.33 Å². The van der Waals surface area contributed by atoms with Crippen molar-refractivity contribution in [3.63, 3.8) is 0 Å². The van der Waals surface area contributed by atoms with E-state index in [0.29, 0.717) is 24.0 Å². The fraction of sp³-hybridized carbons (Fsp3) is 0.400. The smallest absolute Gasteiger partial charge is 0.320 e. The molecule has 0 radical (unpaired) electrons. The Hall–Kier alpha value is -3.20. The van der Waals surface area contributed by atoms with E-state index in [1.165, 1.54) is 13.3 Å². The van der Waals surface area contributed by atoms with Crippen LogP contribution in [0.4, 0.5) is 5.69 Å². The highest BCUT2D eigenvalue weighted by Gasteiger charge is 2.32. The standard InChI is InChI=1S/C20H22N4O5/c1-13(26)15-2-4-16(5-3-15)18-20(24(27)28)19(23-11-22-18)17(29-12-25)10-14-6-8-21-9-7-14/h2-5,11-12,14,17,21H,6-10H2,1H3. The van der Waals surface area contributed by atoms with Crippen LogP contribution in [0.15, 0.2) is 30.6 Å². The van der Waals surface area contributed by atoms with E-state index in [0.717, 1.165) is 25.9 Å². The summed E-state index contributed by atoms with van der Waals surface area (Å²) in [4.78, 5) is 42.1. The molecule has 1 fully saturated rings. The summed E-state index contributed by atoms with van der Waals surface area (Å²) >= 11 is 0. The molecule has 1 N–H and O–H groups in total. The van der Waals surface area contributed by atoms with Crippen molar-refractivity contribution < 1.29 is 19.2 Å². The van der Waals surface area contributed by atoms with Crippen molar-refractivity contribution in [3.8, 4) is 11.3 Å². The van der Waals surface area contributed by atoms with Crippen LogP contribution in [0.3, 0.4) is 0 Å². The lowest BCUT2D eigenvalue weighted by molar-refractivity contribution is -0.386.